The standard InChI is InChI=1S/C16H19N3O2/c1-11-12(2)21-15(17-11)13-6-5-7-14(10-13)18-16(20)19-8-3-4-9-19/h5-7,10H,3-4,8-9H2,1-2H3,(H,18,20). The predicted molar refractivity (Wildman–Crippen MR) is 81.2 cm³/mol. The zero-order valence-electron chi connectivity index (χ0n) is 12.3. The molecule has 2 aromatic rings. The van der Waals surface area contributed by atoms with Crippen molar-refractivity contribution >= 4 is 11.7 Å². The first-order chi connectivity index (χ1) is 10.1. The largest absolute Gasteiger partial charge is 0.441 e. The lowest BCUT2D eigenvalue weighted by Gasteiger charge is -2.16. The topological polar surface area (TPSA) is 58.4 Å². The lowest BCUT2D eigenvalue weighted by atomic mass is 10.2. The molecule has 0 bridgehead atoms. The number of aryl methyl sites for hydroxylation is 2. The van der Waals surface area contributed by atoms with E-state index in [0.717, 1.165) is 48.6 Å². The van der Waals surface area contributed by atoms with Crippen molar-refractivity contribution in [3.05, 3.63) is 35.7 Å². The van der Waals surface area contributed by atoms with E-state index >= 15 is 0 Å². The van der Waals surface area contributed by atoms with Crippen LogP contribution in [-0.2, 0) is 0 Å². The Kier molecular flexibility index (Phi) is 3.64. The smallest absolute Gasteiger partial charge is 0.321 e. The highest BCUT2D eigenvalue weighted by molar-refractivity contribution is 5.90. The first-order valence-corrected chi connectivity index (χ1v) is 7.24. The van der Waals surface area contributed by atoms with Crippen molar-refractivity contribution in [3.8, 4) is 11.5 Å². The molecule has 110 valence electrons. The van der Waals surface area contributed by atoms with E-state index in [-0.39, 0.29) is 6.03 Å². The van der Waals surface area contributed by atoms with Crippen LogP contribution < -0.4 is 5.32 Å². The maximum absolute atomic E-state index is 12.1. The van der Waals surface area contributed by atoms with Crippen LogP contribution in [0, 0.1) is 13.8 Å². The summed E-state index contributed by atoms with van der Waals surface area (Å²) in [7, 11) is 0. The number of oxazole rings is 1. The SMILES string of the molecule is Cc1nc(-c2cccc(NC(=O)N3CCCC3)c2)oc1C. The molecule has 1 fully saturated rings. The zero-order chi connectivity index (χ0) is 14.8. The van der Waals surface area contributed by atoms with Crippen molar-refractivity contribution in [3.63, 3.8) is 0 Å². The number of anilines is 1. The van der Waals surface area contributed by atoms with Gasteiger partial charge in [-0.05, 0) is 44.9 Å². The molecule has 1 aliphatic heterocycles. The van der Waals surface area contributed by atoms with Crippen LogP contribution >= 0.6 is 0 Å². The molecule has 21 heavy (non-hydrogen) atoms. The van der Waals surface area contributed by atoms with Crippen molar-refractivity contribution in [2.75, 3.05) is 18.4 Å². The van der Waals surface area contributed by atoms with Gasteiger partial charge in [0, 0.05) is 24.3 Å². The first-order valence-electron chi connectivity index (χ1n) is 7.24. The third kappa shape index (κ3) is 2.91. The number of nitrogens with zero attached hydrogens (tertiary/aromatic N) is 2. The number of carbonyl (C=O) groups excluding carboxylic acids is 1. The van der Waals surface area contributed by atoms with Crippen molar-refractivity contribution in [1.29, 1.82) is 0 Å². The fraction of sp³-hybridized carbons (Fsp3) is 0.375. The highest BCUT2D eigenvalue weighted by atomic mass is 16.4. The molecular weight excluding hydrogens is 266 g/mol. The third-order valence-electron chi connectivity index (χ3n) is 3.78. The maximum atomic E-state index is 12.1. The molecule has 5 nitrogen and oxygen atoms in total. The van der Waals surface area contributed by atoms with Crippen LogP contribution in [0.4, 0.5) is 10.5 Å². The second-order valence-electron chi connectivity index (χ2n) is 5.37. The molecule has 0 unspecified atom stereocenters. The third-order valence-corrected chi connectivity index (χ3v) is 3.78. The van der Waals surface area contributed by atoms with E-state index in [4.69, 9.17) is 4.42 Å². The van der Waals surface area contributed by atoms with E-state index in [2.05, 4.69) is 10.3 Å². The fourth-order valence-electron chi connectivity index (χ4n) is 2.45. The monoisotopic (exact) mass is 285 g/mol. The van der Waals surface area contributed by atoms with Gasteiger partial charge in [-0.15, -0.1) is 0 Å². The summed E-state index contributed by atoms with van der Waals surface area (Å²) < 4.78 is 5.63. The van der Waals surface area contributed by atoms with Crippen LogP contribution in [0.25, 0.3) is 11.5 Å². The lowest BCUT2D eigenvalue weighted by Crippen LogP contribution is -2.32. The summed E-state index contributed by atoms with van der Waals surface area (Å²) >= 11 is 0. The van der Waals surface area contributed by atoms with E-state index in [1.807, 2.05) is 43.0 Å². The molecule has 0 spiro atoms. The summed E-state index contributed by atoms with van der Waals surface area (Å²) in [6, 6.07) is 7.54. The van der Waals surface area contributed by atoms with Crippen molar-refractivity contribution < 1.29 is 9.21 Å². The minimum atomic E-state index is -0.0376. The lowest BCUT2D eigenvalue weighted by molar-refractivity contribution is 0.222. The number of likely N-dealkylation sites (tertiary alicyclic amines) is 1. The molecule has 5 heteroatoms. The molecule has 1 aliphatic rings. The summed E-state index contributed by atoms with van der Waals surface area (Å²) in [5.74, 6) is 1.40. The molecule has 0 atom stereocenters. The molecule has 1 aromatic carbocycles. The van der Waals surface area contributed by atoms with Gasteiger partial charge in [0.05, 0.1) is 5.69 Å². The molecule has 3 rings (SSSR count). The van der Waals surface area contributed by atoms with Gasteiger partial charge in [0.25, 0.3) is 0 Å². The molecule has 0 radical (unpaired) electrons. The van der Waals surface area contributed by atoms with Gasteiger partial charge < -0.3 is 14.6 Å². The summed E-state index contributed by atoms with van der Waals surface area (Å²) in [6.45, 7) is 5.49. The molecule has 2 heterocycles. The Balaban J connectivity index is 1.78. The number of hydrogen-bond donors (Lipinski definition) is 1. The number of hydrogen-bond acceptors (Lipinski definition) is 3. The Morgan fingerprint density at radius 1 is 1.29 bits per heavy atom. The van der Waals surface area contributed by atoms with Crippen LogP contribution in [0.5, 0.6) is 0 Å². The van der Waals surface area contributed by atoms with Gasteiger partial charge in [0.15, 0.2) is 0 Å². The highest BCUT2D eigenvalue weighted by Crippen LogP contribution is 2.24. The molecule has 1 N–H and O–H groups in total. The number of amides is 2. The Hall–Kier alpha value is -2.30. The Morgan fingerprint density at radius 2 is 2.05 bits per heavy atom. The van der Waals surface area contributed by atoms with E-state index in [1.165, 1.54) is 0 Å². The first kappa shape index (κ1) is 13.7. The van der Waals surface area contributed by atoms with Crippen LogP contribution in [0.2, 0.25) is 0 Å². The van der Waals surface area contributed by atoms with Crippen LogP contribution in [-0.4, -0.2) is 29.0 Å². The minimum Gasteiger partial charge on any atom is -0.441 e. The second-order valence-corrected chi connectivity index (χ2v) is 5.37. The van der Waals surface area contributed by atoms with Gasteiger partial charge in [-0.2, -0.15) is 0 Å². The van der Waals surface area contributed by atoms with Crippen LogP contribution in [0.15, 0.2) is 28.7 Å². The van der Waals surface area contributed by atoms with Crippen molar-refractivity contribution in [2.45, 2.75) is 26.7 Å². The number of nitrogens with one attached hydrogen (secondary N) is 1. The summed E-state index contributed by atoms with van der Waals surface area (Å²) in [5, 5.41) is 2.93. The highest BCUT2D eigenvalue weighted by Gasteiger charge is 2.18. The van der Waals surface area contributed by atoms with Crippen LogP contribution in [0.3, 0.4) is 0 Å². The summed E-state index contributed by atoms with van der Waals surface area (Å²) in [6.07, 6.45) is 2.17. The van der Waals surface area contributed by atoms with E-state index < -0.39 is 0 Å². The number of carbonyl (C=O) groups is 1. The van der Waals surface area contributed by atoms with Gasteiger partial charge in [-0.1, -0.05) is 6.07 Å². The number of aromatic nitrogens is 1. The van der Waals surface area contributed by atoms with E-state index in [9.17, 15) is 4.79 Å². The second kappa shape index (κ2) is 5.60. The molecule has 1 saturated heterocycles. The molecule has 0 saturated carbocycles. The van der Waals surface area contributed by atoms with Gasteiger partial charge in [0.1, 0.15) is 5.76 Å². The average Bonchev–Trinajstić information content (AvgIpc) is 3.10. The van der Waals surface area contributed by atoms with Gasteiger partial charge in [0.2, 0.25) is 5.89 Å². The molecule has 0 aliphatic carbocycles. The number of urea groups is 1. The van der Waals surface area contributed by atoms with Gasteiger partial charge in [-0.25, -0.2) is 9.78 Å². The number of benzene rings is 1. The Morgan fingerprint density at radius 3 is 2.71 bits per heavy atom. The summed E-state index contributed by atoms with van der Waals surface area (Å²) in [5.41, 5.74) is 2.51. The molecular formula is C16H19N3O2. The average molecular weight is 285 g/mol. The molecule has 1 aromatic heterocycles. The quantitative estimate of drug-likeness (QED) is 0.917. The number of rotatable bonds is 2. The van der Waals surface area contributed by atoms with Gasteiger partial charge in [-0.3, -0.25) is 0 Å². The van der Waals surface area contributed by atoms with Crippen LogP contribution in [0.1, 0.15) is 24.3 Å². The Bertz CT molecular complexity index is 638. The van der Waals surface area contributed by atoms with Crippen molar-refractivity contribution in [1.82, 2.24) is 9.88 Å². The maximum Gasteiger partial charge on any atom is 0.321 e. The van der Waals surface area contributed by atoms with Gasteiger partial charge >= 0.3 is 6.03 Å². The predicted octanol–water partition coefficient (Wildman–Crippen LogP) is 3.59. The summed E-state index contributed by atoms with van der Waals surface area (Å²) in [4.78, 5) is 18.3. The fourth-order valence-corrected chi connectivity index (χ4v) is 2.45. The van der Waals surface area contributed by atoms with E-state index in [1.54, 1.807) is 0 Å². The molecule has 2 amide bonds. The minimum absolute atomic E-state index is 0.0376. The zero-order valence-corrected chi connectivity index (χ0v) is 12.3. The van der Waals surface area contributed by atoms with E-state index in [0.29, 0.717) is 5.89 Å². The normalized spacial score (nSPS) is 14.5. The van der Waals surface area contributed by atoms with Crippen molar-refractivity contribution in [2.24, 2.45) is 0 Å². The Labute approximate surface area is 124 Å².